The Balaban J connectivity index is 1.55. The Morgan fingerprint density at radius 3 is 1.51 bits per heavy atom. The van der Waals surface area contributed by atoms with Gasteiger partial charge in [-0.2, -0.15) is 0 Å². The van der Waals surface area contributed by atoms with E-state index in [1.807, 2.05) is 55.5 Å². The lowest BCUT2D eigenvalue weighted by Gasteiger charge is -1.99. The lowest BCUT2D eigenvalue weighted by atomic mass is 10.1. The Bertz CT molecular complexity index is 1470. The molecule has 37 heavy (non-hydrogen) atoms. The first kappa shape index (κ1) is 25.1. The van der Waals surface area contributed by atoms with E-state index in [0.29, 0.717) is 5.56 Å². The van der Waals surface area contributed by atoms with Gasteiger partial charge in [-0.1, -0.05) is 42.0 Å². The molecule has 0 aliphatic carbocycles. The molecule has 0 saturated heterocycles. The van der Waals surface area contributed by atoms with Crippen LogP contribution in [0, 0.1) is 12.7 Å². The number of carboxylic acid groups (broad SMARTS) is 2. The van der Waals surface area contributed by atoms with Gasteiger partial charge in [-0.05, 0) is 65.6 Å². The topological polar surface area (TPSA) is 74.6 Å². The fourth-order valence-corrected chi connectivity index (χ4v) is 7.73. The minimum atomic E-state index is -0.925. The molecule has 0 fully saturated rings. The lowest BCUT2D eigenvalue weighted by molar-refractivity contribution is -0.137. The number of halogens is 1. The molecule has 0 aliphatic heterocycles. The molecular formula is C29H21FO4S3. The standard InChI is InChI=1S/C29H21FO4S3/c1-16-2-4-17(5-3-16)24-12-19(14-26(31)32)28(36-24)22-10-11-23(35-22)29-20(15-27(33)34)13-25(37-29)18-6-8-21(30)9-7-18/h2-13H,14-15H2,1H3,(H,31,32)(H,33,34). The highest BCUT2D eigenvalue weighted by Crippen LogP contribution is 2.46. The van der Waals surface area contributed by atoms with Crippen molar-refractivity contribution in [1.29, 1.82) is 0 Å². The average Bonchev–Trinajstić information content (AvgIpc) is 3.58. The third-order valence-corrected chi connectivity index (χ3v) is 9.72. The zero-order valence-electron chi connectivity index (χ0n) is 19.7. The molecule has 4 nitrogen and oxygen atoms in total. The monoisotopic (exact) mass is 548 g/mol. The van der Waals surface area contributed by atoms with Gasteiger partial charge < -0.3 is 10.2 Å². The fourth-order valence-electron chi connectivity index (χ4n) is 4.06. The average molecular weight is 549 g/mol. The molecule has 0 unspecified atom stereocenters. The summed E-state index contributed by atoms with van der Waals surface area (Å²) >= 11 is 4.55. The Morgan fingerprint density at radius 2 is 1.08 bits per heavy atom. The van der Waals surface area contributed by atoms with Gasteiger partial charge >= 0.3 is 11.9 Å². The van der Waals surface area contributed by atoms with Crippen LogP contribution in [0.15, 0.2) is 72.8 Å². The molecule has 2 N–H and O–H groups in total. The van der Waals surface area contributed by atoms with E-state index in [2.05, 4.69) is 0 Å². The number of hydrogen-bond donors (Lipinski definition) is 2. The van der Waals surface area contributed by atoms with Gasteiger partial charge in [-0.25, -0.2) is 4.39 Å². The molecule has 5 aromatic rings. The number of thiophene rings is 3. The first-order valence-electron chi connectivity index (χ1n) is 11.4. The quantitative estimate of drug-likeness (QED) is 0.205. The summed E-state index contributed by atoms with van der Waals surface area (Å²) in [7, 11) is 0. The van der Waals surface area contributed by atoms with E-state index >= 15 is 0 Å². The third-order valence-electron chi connectivity index (χ3n) is 5.82. The van der Waals surface area contributed by atoms with Crippen LogP contribution < -0.4 is 0 Å². The van der Waals surface area contributed by atoms with Crippen LogP contribution in [0.2, 0.25) is 0 Å². The number of carboxylic acids is 2. The summed E-state index contributed by atoms with van der Waals surface area (Å²) in [4.78, 5) is 28.7. The van der Waals surface area contributed by atoms with Crippen molar-refractivity contribution in [1.82, 2.24) is 0 Å². The van der Waals surface area contributed by atoms with Crippen molar-refractivity contribution in [3.63, 3.8) is 0 Å². The SMILES string of the molecule is Cc1ccc(-c2cc(CC(=O)O)c(-c3ccc(-c4sc(-c5ccc(F)cc5)cc4CC(=O)O)s3)s2)cc1. The van der Waals surface area contributed by atoms with Gasteiger partial charge in [-0.3, -0.25) is 9.59 Å². The molecular weight excluding hydrogens is 528 g/mol. The van der Waals surface area contributed by atoms with Crippen LogP contribution in [0.1, 0.15) is 16.7 Å². The Morgan fingerprint density at radius 1 is 0.649 bits per heavy atom. The number of hydrogen-bond acceptors (Lipinski definition) is 5. The van der Waals surface area contributed by atoms with Crippen molar-refractivity contribution in [2.75, 3.05) is 0 Å². The van der Waals surface area contributed by atoms with Gasteiger partial charge in [0.2, 0.25) is 0 Å². The summed E-state index contributed by atoms with van der Waals surface area (Å²) in [6.07, 6.45) is -0.204. The van der Waals surface area contributed by atoms with E-state index in [1.165, 1.54) is 34.8 Å². The fraction of sp³-hybridized carbons (Fsp3) is 0.103. The van der Waals surface area contributed by atoms with Gasteiger partial charge in [0.05, 0.1) is 12.8 Å². The van der Waals surface area contributed by atoms with E-state index < -0.39 is 11.9 Å². The molecule has 5 rings (SSSR count). The highest BCUT2D eigenvalue weighted by atomic mass is 32.1. The van der Waals surface area contributed by atoms with Crippen LogP contribution in [-0.4, -0.2) is 22.2 Å². The van der Waals surface area contributed by atoms with Crippen LogP contribution in [0.5, 0.6) is 0 Å². The highest BCUT2D eigenvalue weighted by Gasteiger charge is 2.20. The second-order valence-corrected chi connectivity index (χ2v) is 11.8. The van der Waals surface area contributed by atoms with Crippen LogP contribution in [-0.2, 0) is 22.4 Å². The lowest BCUT2D eigenvalue weighted by Crippen LogP contribution is -1.99. The molecule has 0 bridgehead atoms. The number of aryl methyl sites for hydroxylation is 1. The number of rotatable bonds is 8. The Kier molecular flexibility index (Phi) is 7.06. The second kappa shape index (κ2) is 10.4. The smallest absolute Gasteiger partial charge is 0.307 e. The van der Waals surface area contributed by atoms with Gasteiger partial charge in [0.15, 0.2) is 0 Å². The van der Waals surface area contributed by atoms with Gasteiger partial charge in [0.1, 0.15) is 5.82 Å². The molecule has 2 aromatic carbocycles. The van der Waals surface area contributed by atoms with Crippen molar-refractivity contribution < 1.29 is 24.2 Å². The molecule has 3 aromatic heterocycles. The normalized spacial score (nSPS) is 11.1. The van der Waals surface area contributed by atoms with E-state index in [1.54, 1.807) is 23.5 Å². The zero-order valence-corrected chi connectivity index (χ0v) is 22.1. The first-order valence-corrected chi connectivity index (χ1v) is 13.8. The molecule has 3 heterocycles. The van der Waals surface area contributed by atoms with E-state index in [0.717, 1.165) is 51.5 Å². The maximum Gasteiger partial charge on any atom is 0.307 e. The predicted octanol–water partition coefficient (Wildman–Crippen LogP) is 8.24. The molecule has 0 radical (unpaired) electrons. The molecule has 0 saturated carbocycles. The van der Waals surface area contributed by atoms with Crippen LogP contribution >= 0.6 is 34.0 Å². The summed E-state index contributed by atoms with van der Waals surface area (Å²) in [5, 5.41) is 19.0. The minimum Gasteiger partial charge on any atom is -0.481 e. The van der Waals surface area contributed by atoms with Crippen LogP contribution in [0.25, 0.3) is 40.4 Å². The second-order valence-electron chi connectivity index (χ2n) is 8.61. The van der Waals surface area contributed by atoms with Crippen molar-refractivity contribution in [3.8, 4) is 40.4 Å². The van der Waals surface area contributed by atoms with Crippen LogP contribution in [0.4, 0.5) is 4.39 Å². The summed E-state index contributed by atoms with van der Waals surface area (Å²) in [5.41, 5.74) is 4.47. The summed E-state index contributed by atoms with van der Waals surface area (Å²) < 4.78 is 13.4. The number of carbonyl (C=O) groups is 2. The van der Waals surface area contributed by atoms with Crippen molar-refractivity contribution >= 4 is 45.9 Å². The van der Waals surface area contributed by atoms with E-state index in [4.69, 9.17) is 0 Å². The molecule has 8 heteroatoms. The van der Waals surface area contributed by atoms with Crippen molar-refractivity contribution in [2.24, 2.45) is 0 Å². The molecule has 0 amide bonds. The third kappa shape index (κ3) is 5.56. The van der Waals surface area contributed by atoms with Crippen molar-refractivity contribution in [3.05, 3.63) is 95.3 Å². The number of benzene rings is 2. The largest absolute Gasteiger partial charge is 0.481 e. The predicted molar refractivity (Wildman–Crippen MR) is 149 cm³/mol. The molecule has 0 aliphatic rings. The Hall–Kier alpha value is -3.59. The van der Waals surface area contributed by atoms with Gasteiger partial charge in [0, 0.05) is 29.3 Å². The molecule has 0 spiro atoms. The summed E-state index contributed by atoms with van der Waals surface area (Å²) in [6, 6.07) is 22.0. The van der Waals surface area contributed by atoms with E-state index in [9.17, 15) is 24.2 Å². The minimum absolute atomic E-state index is 0.0804. The highest BCUT2D eigenvalue weighted by molar-refractivity contribution is 7.28. The zero-order chi connectivity index (χ0) is 26.1. The van der Waals surface area contributed by atoms with Gasteiger partial charge in [-0.15, -0.1) is 34.0 Å². The first-order chi connectivity index (χ1) is 17.8. The molecule has 186 valence electrons. The van der Waals surface area contributed by atoms with Crippen molar-refractivity contribution in [2.45, 2.75) is 19.8 Å². The van der Waals surface area contributed by atoms with Crippen LogP contribution in [0.3, 0.4) is 0 Å². The van der Waals surface area contributed by atoms with Gasteiger partial charge in [0.25, 0.3) is 0 Å². The Labute approximate surface area is 224 Å². The summed E-state index contributed by atoms with van der Waals surface area (Å²) in [6.45, 7) is 2.03. The summed E-state index contributed by atoms with van der Waals surface area (Å²) in [5.74, 6) is -2.14. The maximum atomic E-state index is 13.4. The van der Waals surface area contributed by atoms with E-state index in [-0.39, 0.29) is 18.7 Å². The number of aliphatic carboxylic acids is 2. The maximum absolute atomic E-state index is 13.4. The molecule has 0 atom stereocenters.